The minimum Gasteiger partial charge on any atom is -0.481 e. The summed E-state index contributed by atoms with van der Waals surface area (Å²) < 4.78 is 4.93. The number of hydrogen-bond donors (Lipinski definition) is 3. The Morgan fingerprint density at radius 3 is 2.27 bits per heavy atom. The molecule has 0 saturated carbocycles. The predicted molar refractivity (Wildman–Crippen MR) is 54.7 cm³/mol. The fourth-order valence-electron chi connectivity index (χ4n) is 0.715. The summed E-state index contributed by atoms with van der Waals surface area (Å²) in [5, 5.41) is 13.6. The quantitative estimate of drug-likeness (QED) is 0.587. The average Bonchev–Trinajstić information content (AvgIpc) is 2.21. The molecular weight excluding hydrogens is 200 g/mol. The summed E-state index contributed by atoms with van der Waals surface area (Å²) in [5.74, 6) is -1.52. The van der Waals surface area contributed by atoms with E-state index < -0.39 is 11.9 Å². The Labute approximate surface area is 89.0 Å². The molecule has 3 N–H and O–H groups in total. The normalized spacial score (nSPS) is 14.1. The highest BCUT2D eigenvalue weighted by Crippen LogP contribution is 1.91. The fraction of sp³-hybridized carbons (Fsp3) is 0.778. The molecule has 0 spiro atoms. The maximum absolute atomic E-state index is 11.1. The van der Waals surface area contributed by atoms with Gasteiger partial charge in [0.2, 0.25) is 0 Å². The zero-order chi connectivity index (χ0) is 11.8. The van der Waals surface area contributed by atoms with Gasteiger partial charge in [0.05, 0.1) is 12.0 Å². The molecule has 0 aromatic heterocycles. The standard InChI is InChI=1S/C9H18N2O4/c1-6(8(12)13)4-10-9(14)11-5-7(2)15-3/h6-7H,4-5H2,1-3H3,(H,12,13)(H2,10,11,14). The minimum atomic E-state index is -0.930. The first-order valence-electron chi connectivity index (χ1n) is 4.74. The van der Waals surface area contributed by atoms with Crippen LogP contribution >= 0.6 is 0 Å². The van der Waals surface area contributed by atoms with Gasteiger partial charge in [-0.1, -0.05) is 6.92 Å². The van der Waals surface area contributed by atoms with E-state index in [1.54, 1.807) is 7.11 Å². The van der Waals surface area contributed by atoms with E-state index in [9.17, 15) is 9.59 Å². The number of carbonyl (C=O) groups is 2. The largest absolute Gasteiger partial charge is 0.481 e. The molecule has 2 atom stereocenters. The second kappa shape index (κ2) is 7.05. The van der Waals surface area contributed by atoms with Crippen LogP contribution in [0.4, 0.5) is 4.79 Å². The van der Waals surface area contributed by atoms with Gasteiger partial charge in [-0.05, 0) is 6.92 Å². The van der Waals surface area contributed by atoms with Crippen LogP contribution < -0.4 is 10.6 Å². The van der Waals surface area contributed by atoms with E-state index in [4.69, 9.17) is 9.84 Å². The lowest BCUT2D eigenvalue weighted by molar-refractivity contribution is -0.140. The summed E-state index contributed by atoms with van der Waals surface area (Å²) in [6.45, 7) is 3.85. The molecule has 0 saturated heterocycles. The lowest BCUT2D eigenvalue weighted by Gasteiger charge is -2.12. The first kappa shape index (κ1) is 13.7. The van der Waals surface area contributed by atoms with Gasteiger partial charge in [0, 0.05) is 20.2 Å². The lowest BCUT2D eigenvalue weighted by atomic mass is 10.2. The maximum Gasteiger partial charge on any atom is 0.314 e. The fourth-order valence-corrected chi connectivity index (χ4v) is 0.715. The third-order valence-electron chi connectivity index (χ3n) is 1.94. The third-order valence-corrected chi connectivity index (χ3v) is 1.94. The maximum atomic E-state index is 11.1. The SMILES string of the molecule is COC(C)CNC(=O)NCC(C)C(=O)O. The number of amides is 2. The van der Waals surface area contributed by atoms with Gasteiger partial charge in [0.25, 0.3) is 0 Å². The molecule has 0 aliphatic rings. The second-order valence-corrected chi connectivity index (χ2v) is 3.38. The molecule has 0 aromatic rings. The molecule has 0 aromatic carbocycles. The Kier molecular flexibility index (Phi) is 6.44. The number of carboxylic acid groups (broad SMARTS) is 1. The van der Waals surface area contributed by atoms with E-state index in [1.807, 2.05) is 6.92 Å². The highest BCUT2D eigenvalue weighted by Gasteiger charge is 2.12. The van der Waals surface area contributed by atoms with Crippen molar-refractivity contribution in [2.45, 2.75) is 20.0 Å². The number of carboxylic acids is 1. The molecule has 2 unspecified atom stereocenters. The van der Waals surface area contributed by atoms with E-state index in [0.717, 1.165) is 0 Å². The minimum absolute atomic E-state index is 0.0624. The van der Waals surface area contributed by atoms with Crippen LogP contribution in [0.15, 0.2) is 0 Å². The van der Waals surface area contributed by atoms with E-state index in [-0.39, 0.29) is 18.7 Å². The van der Waals surface area contributed by atoms with Crippen LogP contribution in [0.5, 0.6) is 0 Å². The molecule has 6 heteroatoms. The van der Waals surface area contributed by atoms with Crippen LogP contribution in [0.1, 0.15) is 13.8 Å². The molecule has 0 rings (SSSR count). The number of rotatable bonds is 6. The zero-order valence-corrected chi connectivity index (χ0v) is 9.24. The molecule has 0 bridgehead atoms. The van der Waals surface area contributed by atoms with Crippen LogP contribution in [0.3, 0.4) is 0 Å². The summed E-state index contributed by atoms with van der Waals surface area (Å²) in [7, 11) is 1.55. The number of nitrogens with one attached hydrogen (secondary N) is 2. The van der Waals surface area contributed by atoms with Gasteiger partial charge >= 0.3 is 12.0 Å². The predicted octanol–water partition coefficient (Wildman–Crippen LogP) is 0.0412. The van der Waals surface area contributed by atoms with Gasteiger partial charge in [-0.3, -0.25) is 4.79 Å². The summed E-state index contributed by atoms with van der Waals surface area (Å²) in [6, 6.07) is -0.382. The van der Waals surface area contributed by atoms with Gasteiger partial charge in [0.15, 0.2) is 0 Å². The Balaban J connectivity index is 3.62. The molecule has 15 heavy (non-hydrogen) atoms. The zero-order valence-electron chi connectivity index (χ0n) is 9.24. The topological polar surface area (TPSA) is 87.7 Å². The van der Waals surface area contributed by atoms with E-state index in [1.165, 1.54) is 6.92 Å². The summed E-state index contributed by atoms with van der Waals surface area (Å²) >= 11 is 0. The summed E-state index contributed by atoms with van der Waals surface area (Å²) in [6.07, 6.45) is -0.0624. The monoisotopic (exact) mass is 218 g/mol. The molecule has 0 aliphatic heterocycles. The number of carbonyl (C=O) groups excluding carboxylic acids is 1. The number of urea groups is 1. The smallest absolute Gasteiger partial charge is 0.314 e. The van der Waals surface area contributed by atoms with Crippen LogP contribution in [-0.2, 0) is 9.53 Å². The van der Waals surface area contributed by atoms with Crippen LogP contribution in [-0.4, -0.2) is 43.4 Å². The van der Waals surface area contributed by atoms with E-state index in [2.05, 4.69) is 10.6 Å². The second-order valence-electron chi connectivity index (χ2n) is 3.38. The molecule has 0 heterocycles. The highest BCUT2D eigenvalue weighted by molar-refractivity contribution is 5.75. The summed E-state index contributed by atoms with van der Waals surface area (Å²) in [5.41, 5.74) is 0. The number of hydrogen-bond acceptors (Lipinski definition) is 3. The van der Waals surface area contributed by atoms with Crippen LogP contribution in [0.2, 0.25) is 0 Å². The Morgan fingerprint density at radius 2 is 1.80 bits per heavy atom. The van der Waals surface area contributed by atoms with Crippen LogP contribution in [0, 0.1) is 5.92 Å². The van der Waals surface area contributed by atoms with Gasteiger partial charge in [0.1, 0.15) is 0 Å². The number of methoxy groups -OCH3 is 1. The molecule has 0 aliphatic carbocycles. The molecule has 2 amide bonds. The van der Waals surface area contributed by atoms with Gasteiger partial charge in [-0.15, -0.1) is 0 Å². The third kappa shape index (κ3) is 6.73. The van der Waals surface area contributed by atoms with Crippen molar-refractivity contribution in [3.05, 3.63) is 0 Å². The Morgan fingerprint density at radius 1 is 1.27 bits per heavy atom. The van der Waals surface area contributed by atoms with Crippen LogP contribution in [0.25, 0.3) is 0 Å². The average molecular weight is 218 g/mol. The Hall–Kier alpha value is -1.30. The van der Waals surface area contributed by atoms with E-state index >= 15 is 0 Å². The van der Waals surface area contributed by atoms with Gasteiger partial charge in [-0.25, -0.2) is 4.79 Å². The summed E-state index contributed by atoms with van der Waals surface area (Å²) in [4.78, 5) is 21.6. The molecule has 0 radical (unpaired) electrons. The first-order valence-corrected chi connectivity index (χ1v) is 4.74. The number of ether oxygens (including phenoxy) is 1. The van der Waals surface area contributed by atoms with Gasteiger partial charge in [-0.2, -0.15) is 0 Å². The number of aliphatic carboxylic acids is 1. The first-order chi connectivity index (χ1) is 6.97. The van der Waals surface area contributed by atoms with Crippen molar-refractivity contribution in [1.82, 2.24) is 10.6 Å². The van der Waals surface area contributed by atoms with Crippen molar-refractivity contribution >= 4 is 12.0 Å². The van der Waals surface area contributed by atoms with Gasteiger partial charge < -0.3 is 20.5 Å². The lowest BCUT2D eigenvalue weighted by Crippen LogP contribution is -2.42. The Bertz CT molecular complexity index is 220. The molecule has 6 nitrogen and oxygen atoms in total. The van der Waals surface area contributed by atoms with Crippen molar-refractivity contribution in [2.75, 3.05) is 20.2 Å². The highest BCUT2D eigenvalue weighted by atomic mass is 16.5. The van der Waals surface area contributed by atoms with Crippen molar-refractivity contribution < 1.29 is 19.4 Å². The molecule has 88 valence electrons. The van der Waals surface area contributed by atoms with Crippen molar-refractivity contribution in [1.29, 1.82) is 0 Å². The van der Waals surface area contributed by atoms with Crippen molar-refractivity contribution in [3.63, 3.8) is 0 Å². The van der Waals surface area contributed by atoms with Crippen molar-refractivity contribution in [3.8, 4) is 0 Å². The molecular formula is C9H18N2O4. The van der Waals surface area contributed by atoms with E-state index in [0.29, 0.717) is 6.54 Å². The molecule has 0 fully saturated rings. The van der Waals surface area contributed by atoms with Crippen molar-refractivity contribution in [2.24, 2.45) is 5.92 Å².